The molecule has 0 spiro atoms. The molecule has 0 saturated carbocycles. The van der Waals surface area contributed by atoms with Crippen LogP contribution in [0, 0.1) is 0 Å². The van der Waals surface area contributed by atoms with Gasteiger partial charge in [-0.2, -0.15) is 0 Å². The monoisotopic (exact) mass is 325 g/mol. The lowest BCUT2D eigenvalue weighted by Crippen LogP contribution is -2.21. The Hall–Kier alpha value is -2.77. The van der Waals surface area contributed by atoms with Crippen LogP contribution in [0.2, 0.25) is 0 Å². The Kier molecular flexibility index (Phi) is 4.54. The first kappa shape index (κ1) is 16.1. The molecule has 1 aromatic carbocycles. The Morgan fingerprint density at radius 3 is 2.42 bits per heavy atom. The first-order valence-corrected chi connectivity index (χ1v) is 7.46. The van der Waals surface area contributed by atoms with Gasteiger partial charge in [0.15, 0.2) is 11.5 Å². The third-order valence-electron chi connectivity index (χ3n) is 3.83. The van der Waals surface area contributed by atoms with E-state index in [0.717, 1.165) is 27.9 Å². The van der Waals surface area contributed by atoms with Gasteiger partial charge < -0.3 is 20.9 Å². The molecule has 0 aliphatic carbocycles. The van der Waals surface area contributed by atoms with Gasteiger partial charge in [0, 0.05) is 29.8 Å². The first-order valence-electron chi connectivity index (χ1n) is 7.46. The summed E-state index contributed by atoms with van der Waals surface area (Å²) in [6, 6.07) is 7.21. The van der Waals surface area contributed by atoms with Gasteiger partial charge in [-0.25, -0.2) is 9.97 Å². The molecule has 124 valence electrons. The summed E-state index contributed by atoms with van der Waals surface area (Å²) in [5.41, 5.74) is 14.6. The zero-order valence-electron chi connectivity index (χ0n) is 13.6. The number of nitrogens with two attached hydrogens (primary N) is 2. The number of nitrogens with zero attached hydrogens (tertiary/aromatic N) is 3. The Bertz CT molecular complexity index is 851. The molecule has 0 aliphatic rings. The molecule has 0 bridgehead atoms. The van der Waals surface area contributed by atoms with E-state index in [1.807, 2.05) is 24.3 Å². The van der Waals surface area contributed by atoms with Crippen LogP contribution in [-0.4, -0.2) is 35.7 Å². The minimum atomic E-state index is -0.273. The Labute approximate surface area is 139 Å². The second-order valence-electron chi connectivity index (χ2n) is 5.26. The number of aromatic nitrogens is 3. The molecule has 4 N–H and O–H groups in total. The van der Waals surface area contributed by atoms with E-state index >= 15 is 0 Å². The second-order valence-corrected chi connectivity index (χ2v) is 5.26. The number of fused-ring (bicyclic) bond motifs is 1. The highest BCUT2D eigenvalue weighted by Gasteiger charge is 2.13. The molecule has 0 fully saturated rings. The van der Waals surface area contributed by atoms with Gasteiger partial charge in [-0.3, -0.25) is 4.98 Å². The lowest BCUT2D eigenvalue weighted by atomic mass is 10.1. The van der Waals surface area contributed by atoms with E-state index in [9.17, 15) is 0 Å². The molecule has 7 heteroatoms. The minimum Gasteiger partial charge on any atom is -0.493 e. The maximum absolute atomic E-state index is 5.90. The number of hydrogen-bond acceptors (Lipinski definition) is 7. The fourth-order valence-corrected chi connectivity index (χ4v) is 2.50. The lowest BCUT2D eigenvalue weighted by Gasteiger charge is -2.12. The minimum absolute atomic E-state index is 0.273. The van der Waals surface area contributed by atoms with Crippen molar-refractivity contribution in [2.24, 2.45) is 11.5 Å². The van der Waals surface area contributed by atoms with Crippen LogP contribution >= 0.6 is 0 Å². The molecule has 0 saturated heterocycles. The van der Waals surface area contributed by atoms with Gasteiger partial charge in [-0.1, -0.05) is 0 Å². The van der Waals surface area contributed by atoms with Crippen molar-refractivity contribution in [3.63, 3.8) is 0 Å². The first-order chi connectivity index (χ1) is 11.7. The van der Waals surface area contributed by atoms with Crippen molar-refractivity contribution in [2.75, 3.05) is 20.8 Å². The summed E-state index contributed by atoms with van der Waals surface area (Å²) < 4.78 is 10.7. The standard InChI is InChI=1S/C17H19N5O2/c1-23-15-5-11-14(6-16(15)24-2)21-9-22-17(11)10-3-4-13(20-8-10)12(19)7-18/h3-6,8-9,12H,7,18-19H2,1-2H3. The predicted octanol–water partition coefficient (Wildman–Crippen LogP) is 1.67. The Balaban J connectivity index is 2.12. The fraction of sp³-hybridized carbons (Fsp3) is 0.235. The van der Waals surface area contributed by atoms with E-state index in [1.54, 1.807) is 20.4 Å². The van der Waals surface area contributed by atoms with E-state index in [-0.39, 0.29) is 6.04 Å². The molecular formula is C17H19N5O2. The summed E-state index contributed by atoms with van der Waals surface area (Å²) in [6.07, 6.45) is 3.26. The van der Waals surface area contributed by atoms with Crippen molar-refractivity contribution in [1.29, 1.82) is 0 Å². The van der Waals surface area contributed by atoms with Gasteiger partial charge in [0.2, 0.25) is 0 Å². The van der Waals surface area contributed by atoms with Crippen molar-refractivity contribution < 1.29 is 9.47 Å². The second kappa shape index (κ2) is 6.77. The van der Waals surface area contributed by atoms with Crippen LogP contribution in [0.1, 0.15) is 11.7 Å². The van der Waals surface area contributed by atoms with E-state index in [0.29, 0.717) is 18.0 Å². The average Bonchev–Trinajstić information content (AvgIpc) is 2.65. The van der Waals surface area contributed by atoms with Gasteiger partial charge in [0.25, 0.3) is 0 Å². The van der Waals surface area contributed by atoms with Crippen LogP contribution < -0.4 is 20.9 Å². The predicted molar refractivity (Wildman–Crippen MR) is 91.9 cm³/mol. The molecule has 0 amide bonds. The van der Waals surface area contributed by atoms with Gasteiger partial charge in [0.05, 0.1) is 37.2 Å². The van der Waals surface area contributed by atoms with Crippen molar-refractivity contribution in [2.45, 2.75) is 6.04 Å². The smallest absolute Gasteiger partial charge is 0.162 e. The summed E-state index contributed by atoms with van der Waals surface area (Å²) >= 11 is 0. The summed E-state index contributed by atoms with van der Waals surface area (Å²) in [4.78, 5) is 13.1. The number of hydrogen-bond donors (Lipinski definition) is 2. The van der Waals surface area contributed by atoms with Crippen LogP contribution in [0.3, 0.4) is 0 Å². The van der Waals surface area contributed by atoms with Crippen molar-refractivity contribution in [3.8, 4) is 22.8 Å². The topological polar surface area (TPSA) is 109 Å². The van der Waals surface area contributed by atoms with E-state index < -0.39 is 0 Å². The molecule has 24 heavy (non-hydrogen) atoms. The Morgan fingerprint density at radius 2 is 1.79 bits per heavy atom. The highest BCUT2D eigenvalue weighted by molar-refractivity contribution is 5.94. The third-order valence-corrected chi connectivity index (χ3v) is 3.83. The number of ether oxygens (including phenoxy) is 2. The maximum atomic E-state index is 5.90. The van der Waals surface area contributed by atoms with Gasteiger partial charge in [-0.05, 0) is 18.2 Å². The van der Waals surface area contributed by atoms with Gasteiger partial charge in [0.1, 0.15) is 6.33 Å². The van der Waals surface area contributed by atoms with Gasteiger partial charge >= 0.3 is 0 Å². The van der Waals surface area contributed by atoms with Crippen LogP contribution in [0.5, 0.6) is 11.5 Å². The van der Waals surface area contributed by atoms with Crippen LogP contribution in [-0.2, 0) is 0 Å². The number of rotatable bonds is 5. The molecule has 1 unspecified atom stereocenters. The molecule has 2 heterocycles. The van der Waals surface area contributed by atoms with Crippen LogP contribution in [0.4, 0.5) is 0 Å². The summed E-state index contributed by atoms with van der Waals surface area (Å²) in [5, 5.41) is 0.854. The fourth-order valence-electron chi connectivity index (χ4n) is 2.50. The van der Waals surface area contributed by atoms with Gasteiger partial charge in [-0.15, -0.1) is 0 Å². The number of methoxy groups -OCH3 is 2. The SMILES string of the molecule is COc1cc2ncnc(-c3ccc(C(N)CN)nc3)c2cc1OC. The van der Waals surface area contributed by atoms with Crippen LogP contribution in [0.25, 0.3) is 22.2 Å². The highest BCUT2D eigenvalue weighted by Crippen LogP contribution is 2.34. The summed E-state index contributed by atoms with van der Waals surface area (Å²) in [7, 11) is 3.19. The molecular weight excluding hydrogens is 306 g/mol. The quantitative estimate of drug-likeness (QED) is 0.734. The lowest BCUT2D eigenvalue weighted by molar-refractivity contribution is 0.356. The number of pyridine rings is 1. The van der Waals surface area contributed by atoms with Crippen LogP contribution in [0.15, 0.2) is 36.8 Å². The van der Waals surface area contributed by atoms with E-state index in [4.69, 9.17) is 20.9 Å². The molecule has 0 aliphatic heterocycles. The van der Waals surface area contributed by atoms with Crippen molar-refractivity contribution in [1.82, 2.24) is 15.0 Å². The third kappa shape index (κ3) is 2.86. The highest BCUT2D eigenvalue weighted by atomic mass is 16.5. The summed E-state index contributed by atoms with van der Waals surface area (Å²) in [5.74, 6) is 1.24. The van der Waals surface area contributed by atoms with Crippen molar-refractivity contribution >= 4 is 10.9 Å². The average molecular weight is 325 g/mol. The molecule has 3 aromatic rings. The normalized spacial score (nSPS) is 12.2. The zero-order chi connectivity index (χ0) is 17.1. The number of benzene rings is 1. The largest absolute Gasteiger partial charge is 0.493 e. The molecule has 7 nitrogen and oxygen atoms in total. The Morgan fingerprint density at radius 1 is 1.04 bits per heavy atom. The molecule has 3 rings (SSSR count). The molecule has 1 atom stereocenters. The van der Waals surface area contributed by atoms with E-state index in [1.165, 1.54) is 6.33 Å². The summed E-state index contributed by atoms with van der Waals surface area (Å²) in [6.45, 7) is 0.347. The maximum Gasteiger partial charge on any atom is 0.162 e. The zero-order valence-corrected chi connectivity index (χ0v) is 13.6. The van der Waals surface area contributed by atoms with Crippen molar-refractivity contribution in [3.05, 3.63) is 42.5 Å². The molecule has 2 aromatic heterocycles. The molecule has 0 radical (unpaired) electrons. The van der Waals surface area contributed by atoms with E-state index in [2.05, 4.69) is 15.0 Å².